The first-order valence-corrected chi connectivity index (χ1v) is 5.68. The highest BCUT2D eigenvalue weighted by Crippen LogP contribution is 2.22. The van der Waals surface area contributed by atoms with Crippen molar-refractivity contribution in [2.45, 2.75) is 32.4 Å². The molecule has 2 atom stereocenters. The van der Waals surface area contributed by atoms with Gasteiger partial charge in [-0.05, 0) is 25.0 Å². The van der Waals surface area contributed by atoms with E-state index in [0.29, 0.717) is 0 Å². The zero-order valence-corrected chi connectivity index (χ0v) is 9.96. The van der Waals surface area contributed by atoms with Gasteiger partial charge >= 0.3 is 0 Å². The maximum Gasteiger partial charge on any atom is 0.0584 e. The van der Waals surface area contributed by atoms with Crippen molar-refractivity contribution in [2.24, 2.45) is 0 Å². The summed E-state index contributed by atoms with van der Waals surface area (Å²) < 4.78 is 0. The van der Waals surface area contributed by atoms with E-state index in [1.54, 1.807) is 0 Å². The van der Waals surface area contributed by atoms with Gasteiger partial charge < -0.3 is 10.4 Å². The lowest BCUT2D eigenvalue weighted by atomic mass is 10.1. The van der Waals surface area contributed by atoms with Crippen LogP contribution in [0.4, 0.5) is 0 Å². The van der Waals surface area contributed by atoms with E-state index < -0.39 is 0 Å². The minimum Gasteiger partial charge on any atom is -0.395 e. The SMILES string of the molecule is CC[C@@H](CO)N[C@H](C)c1ccccc1Cl. The maximum absolute atomic E-state index is 9.10. The summed E-state index contributed by atoms with van der Waals surface area (Å²) in [5.74, 6) is 0. The van der Waals surface area contributed by atoms with Gasteiger partial charge in [-0.1, -0.05) is 36.7 Å². The minimum absolute atomic E-state index is 0.135. The monoisotopic (exact) mass is 227 g/mol. The Kier molecular flexibility index (Phi) is 5.09. The molecule has 0 bridgehead atoms. The Morgan fingerprint density at radius 3 is 2.60 bits per heavy atom. The second-order valence-electron chi connectivity index (χ2n) is 3.70. The van der Waals surface area contributed by atoms with Gasteiger partial charge in [-0.25, -0.2) is 0 Å². The van der Waals surface area contributed by atoms with Gasteiger partial charge in [0.25, 0.3) is 0 Å². The van der Waals surface area contributed by atoms with Crippen LogP contribution in [0.1, 0.15) is 31.9 Å². The summed E-state index contributed by atoms with van der Waals surface area (Å²) in [6.07, 6.45) is 0.908. The van der Waals surface area contributed by atoms with Crippen LogP contribution in [-0.4, -0.2) is 17.8 Å². The molecule has 0 aliphatic rings. The van der Waals surface area contributed by atoms with Gasteiger partial charge in [0, 0.05) is 17.1 Å². The van der Waals surface area contributed by atoms with Gasteiger partial charge in [0.05, 0.1) is 6.61 Å². The molecular formula is C12H18ClNO. The third-order valence-corrected chi connectivity index (χ3v) is 2.91. The summed E-state index contributed by atoms with van der Waals surface area (Å²) in [5, 5.41) is 13.2. The first-order valence-electron chi connectivity index (χ1n) is 5.30. The third-order valence-electron chi connectivity index (χ3n) is 2.57. The minimum atomic E-state index is 0.135. The number of halogens is 1. The summed E-state index contributed by atoms with van der Waals surface area (Å²) in [6, 6.07) is 8.08. The van der Waals surface area contributed by atoms with Crippen molar-refractivity contribution in [1.82, 2.24) is 5.32 Å². The van der Waals surface area contributed by atoms with Crippen LogP contribution in [-0.2, 0) is 0 Å². The Balaban J connectivity index is 2.68. The quantitative estimate of drug-likeness (QED) is 0.811. The van der Waals surface area contributed by atoms with E-state index >= 15 is 0 Å². The standard InChI is InChI=1S/C12H18ClNO/c1-3-10(8-15)14-9(2)11-6-4-5-7-12(11)13/h4-7,9-10,14-15H,3,8H2,1-2H3/t9-,10+/m1/s1. The molecule has 0 unspecified atom stereocenters. The van der Waals surface area contributed by atoms with Crippen LogP contribution in [0.5, 0.6) is 0 Å². The molecule has 0 amide bonds. The molecule has 84 valence electrons. The second kappa shape index (κ2) is 6.11. The fourth-order valence-electron chi connectivity index (χ4n) is 1.57. The smallest absolute Gasteiger partial charge is 0.0584 e. The molecule has 0 spiro atoms. The van der Waals surface area contributed by atoms with Crippen molar-refractivity contribution in [1.29, 1.82) is 0 Å². The van der Waals surface area contributed by atoms with Gasteiger partial charge in [-0.15, -0.1) is 0 Å². The van der Waals surface area contributed by atoms with E-state index in [0.717, 1.165) is 17.0 Å². The highest BCUT2D eigenvalue weighted by atomic mass is 35.5. The van der Waals surface area contributed by atoms with Crippen molar-refractivity contribution in [3.05, 3.63) is 34.9 Å². The van der Waals surface area contributed by atoms with Crippen LogP contribution in [0, 0.1) is 0 Å². The summed E-state index contributed by atoms with van der Waals surface area (Å²) in [4.78, 5) is 0. The molecule has 3 heteroatoms. The lowest BCUT2D eigenvalue weighted by Crippen LogP contribution is -2.34. The average molecular weight is 228 g/mol. The van der Waals surface area contributed by atoms with Gasteiger partial charge in [0.1, 0.15) is 0 Å². The van der Waals surface area contributed by atoms with Gasteiger partial charge in [-0.2, -0.15) is 0 Å². The molecule has 1 aromatic carbocycles. The summed E-state index contributed by atoms with van der Waals surface area (Å²) in [5.41, 5.74) is 1.08. The predicted molar refractivity (Wildman–Crippen MR) is 64.2 cm³/mol. The van der Waals surface area contributed by atoms with Crippen LogP contribution in [0.15, 0.2) is 24.3 Å². The molecule has 2 nitrogen and oxygen atoms in total. The molecule has 0 radical (unpaired) electrons. The molecule has 2 N–H and O–H groups in total. The van der Waals surface area contributed by atoms with E-state index in [1.807, 2.05) is 31.2 Å². The molecule has 0 saturated carbocycles. The largest absolute Gasteiger partial charge is 0.395 e. The van der Waals surface area contributed by atoms with Gasteiger partial charge in [0.2, 0.25) is 0 Å². The van der Waals surface area contributed by atoms with Crippen LogP contribution >= 0.6 is 11.6 Å². The van der Waals surface area contributed by atoms with Crippen LogP contribution in [0.3, 0.4) is 0 Å². The number of aliphatic hydroxyl groups is 1. The van der Waals surface area contributed by atoms with Gasteiger partial charge in [-0.3, -0.25) is 0 Å². The Bertz CT molecular complexity index is 299. The Labute approximate surface area is 96.3 Å². The number of rotatable bonds is 5. The molecule has 0 aliphatic carbocycles. The average Bonchev–Trinajstić information content (AvgIpc) is 2.26. The van der Waals surface area contributed by atoms with E-state index in [9.17, 15) is 0 Å². The Hall–Kier alpha value is -0.570. The highest BCUT2D eigenvalue weighted by Gasteiger charge is 2.12. The number of hydrogen-bond donors (Lipinski definition) is 2. The summed E-state index contributed by atoms with van der Waals surface area (Å²) in [7, 11) is 0. The fraction of sp³-hybridized carbons (Fsp3) is 0.500. The van der Waals surface area contributed by atoms with Crippen molar-refractivity contribution >= 4 is 11.6 Å². The van der Waals surface area contributed by atoms with Crippen LogP contribution in [0.2, 0.25) is 5.02 Å². The molecule has 0 aliphatic heterocycles. The Morgan fingerprint density at radius 1 is 1.40 bits per heavy atom. The van der Waals surface area contributed by atoms with Crippen molar-refractivity contribution < 1.29 is 5.11 Å². The van der Waals surface area contributed by atoms with Crippen molar-refractivity contribution in [2.75, 3.05) is 6.61 Å². The molecule has 0 saturated heterocycles. The van der Waals surface area contributed by atoms with Gasteiger partial charge in [0.15, 0.2) is 0 Å². The lowest BCUT2D eigenvalue weighted by molar-refractivity contribution is 0.230. The van der Waals surface area contributed by atoms with E-state index in [2.05, 4.69) is 12.2 Å². The second-order valence-corrected chi connectivity index (χ2v) is 4.10. The molecule has 1 aromatic rings. The first kappa shape index (κ1) is 12.5. The fourth-order valence-corrected chi connectivity index (χ4v) is 1.87. The van der Waals surface area contributed by atoms with Crippen molar-refractivity contribution in [3.63, 3.8) is 0 Å². The third kappa shape index (κ3) is 3.49. The normalized spacial score (nSPS) is 14.9. The maximum atomic E-state index is 9.10. The zero-order chi connectivity index (χ0) is 11.3. The first-order chi connectivity index (χ1) is 7.19. The zero-order valence-electron chi connectivity index (χ0n) is 9.20. The number of benzene rings is 1. The number of hydrogen-bond acceptors (Lipinski definition) is 2. The summed E-state index contributed by atoms with van der Waals surface area (Å²) >= 11 is 6.09. The molecule has 0 fully saturated rings. The lowest BCUT2D eigenvalue weighted by Gasteiger charge is -2.21. The predicted octanol–water partition coefficient (Wildman–Crippen LogP) is 2.76. The van der Waals surface area contributed by atoms with E-state index in [1.165, 1.54) is 0 Å². The van der Waals surface area contributed by atoms with E-state index in [-0.39, 0.29) is 18.7 Å². The molecule has 1 rings (SSSR count). The van der Waals surface area contributed by atoms with E-state index in [4.69, 9.17) is 16.7 Å². The number of aliphatic hydroxyl groups excluding tert-OH is 1. The molecule has 0 aromatic heterocycles. The highest BCUT2D eigenvalue weighted by molar-refractivity contribution is 6.31. The van der Waals surface area contributed by atoms with Crippen molar-refractivity contribution in [3.8, 4) is 0 Å². The van der Waals surface area contributed by atoms with Crippen LogP contribution in [0.25, 0.3) is 0 Å². The Morgan fingerprint density at radius 2 is 2.07 bits per heavy atom. The number of nitrogens with one attached hydrogen (secondary N) is 1. The topological polar surface area (TPSA) is 32.3 Å². The van der Waals surface area contributed by atoms with Crippen LogP contribution < -0.4 is 5.32 Å². The molecular weight excluding hydrogens is 210 g/mol. The molecule has 0 heterocycles. The molecule has 15 heavy (non-hydrogen) atoms. The summed E-state index contributed by atoms with van der Waals surface area (Å²) in [6.45, 7) is 4.26.